The molecule has 1 fully saturated rings. The van der Waals surface area contributed by atoms with Gasteiger partial charge in [0.05, 0.1) is 6.04 Å². The van der Waals surface area contributed by atoms with Gasteiger partial charge in [-0.2, -0.15) is 0 Å². The third-order valence-electron chi connectivity index (χ3n) is 3.21. The van der Waals surface area contributed by atoms with Crippen LogP contribution in [0, 0.1) is 5.92 Å². The maximum atomic E-state index is 11.5. The highest BCUT2D eigenvalue weighted by molar-refractivity contribution is 5.81. The molecule has 2 atom stereocenters. The Morgan fingerprint density at radius 2 is 2.33 bits per heavy atom. The monoisotopic (exact) mass is 213 g/mol. The van der Waals surface area contributed by atoms with Crippen LogP contribution in [0.5, 0.6) is 0 Å². The standard InChI is InChI=1S/C11H23N3O/c1-4-14-6-5-10(8-14)7-13-11(15)9(2)12-3/h9-10,12H,4-8H2,1-3H3,(H,13,15). The molecule has 4 heteroatoms. The fourth-order valence-electron chi connectivity index (χ4n) is 1.90. The summed E-state index contributed by atoms with van der Waals surface area (Å²) < 4.78 is 0. The van der Waals surface area contributed by atoms with Gasteiger partial charge in [0.15, 0.2) is 0 Å². The van der Waals surface area contributed by atoms with E-state index in [0.717, 1.165) is 19.6 Å². The summed E-state index contributed by atoms with van der Waals surface area (Å²) in [7, 11) is 1.80. The predicted octanol–water partition coefficient (Wildman–Crippen LogP) is 0.0523. The molecular weight excluding hydrogens is 190 g/mol. The summed E-state index contributed by atoms with van der Waals surface area (Å²) >= 11 is 0. The average Bonchev–Trinajstić information content (AvgIpc) is 2.72. The van der Waals surface area contributed by atoms with Crippen LogP contribution in [0.1, 0.15) is 20.3 Å². The molecule has 1 rings (SSSR count). The molecule has 0 saturated carbocycles. The lowest BCUT2D eigenvalue weighted by Gasteiger charge is -2.15. The highest BCUT2D eigenvalue weighted by atomic mass is 16.2. The van der Waals surface area contributed by atoms with E-state index >= 15 is 0 Å². The molecule has 1 aliphatic heterocycles. The van der Waals surface area contributed by atoms with Crippen LogP contribution in [-0.4, -0.2) is 50.1 Å². The van der Waals surface area contributed by atoms with Crippen LogP contribution in [-0.2, 0) is 4.79 Å². The summed E-state index contributed by atoms with van der Waals surface area (Å²) in [5, 5.41) is 5.93. The van der Waals surface area contributed by atoms with Crippen molar-refractivity contribution in [2.75, 3.05) is 33.2 Å². The number of likely N-dealkylation sites (N-methyl/N-ethyl adjacent to an activating group) is 1. The minimum atomic E-state index is -0.0892. The SMILES string of the molecule is CCN1CCC(CNC(=O)C(C)NC)C1. The number of nitrogens with zero attached hydrogens (tertiary/aromatic N) is 1. The second-order valence-corrected chi connectivity index (χ2v) is 4.30. The summed E-state index contributed by atoms with van der Waals surface area (Å²) in [5.41, 5.74) is 0. The Kier molecular flexibility index (Phi) is 5.05. The van der Waals surface area contributed by atoms with Gasteiger partial charge in [-0.05, 0) is 39.4 Å². The Morgan fingerprint density at radius 3 is 2.87 bits per heavy atom. The number of likely N-dealkylation sites (tertiary alicyclic amines) is 1. The first kappa shape index (κ1) is 12.5. The van der Waals surface area contributed by atoms with E-state index in [0.29, 0.717) is 5.92 Å². The number of rotatable bonds is 5. The smallest absolute Gasteiger partial charge is 0.236 e. The van der Waals surface area contributed by atoms with E-state index in [-0.39, 0.29) is 11.9 Å². The summed E-state index contributed by atoms with van der Waals surface area (Å²) in [6, 6.07) is -0.0892. The van der Waals surface area contributed by atoms with Gasteiger partial charge in [0.1, 0.15) is 0 Å². The fraction of sp³-hybridized carbons (Fsp3) is 0.909. The van der Waals surface area contributed by atoms with E-state index in [1.165, 1.54) is 13.0 Å². The van der Waals surface area contributed by atoms with Gasteiger partial charge in [0, 0.05) is 13.1 Å². The quantitative estimate of drug-likeness (QED) is 0.678. The third kappa shape index (κ3) is 3.80. The van der Waals surface area contributed by atoms with Crippen molar-refractivity contribution < 1.29 is 4.79 Å². The molecular formula is C11H23N3O. The maximum Gasteiger partial charge on any atom is 0.236 e. The highest BCUT2D eigenvalue weighted by Gasteiger charge is 2.21. The Bertz CT molecular complexity index is 208. The van der Waals surface area contributed by atoms with Gasteiger partial charge in [-0.3, -0.25) is 4.79 Å². The first-order chi connectivity index (χ1) is 7.17. The van der Waals surface area contributed by atoms with Crippen LogP contribution in [0.15, 0.2) is 0 Å². The molecule has 1 saturated heterocycles. The van der Waals surface area contributed by atoms with Crippen molar-refractivity contribution >= 4 is 5.91 Å². The van der Waals surface area contributed by atoms with Gasteiger partial charge in [-0.15, -0.1) is 0 Å². The molecule has 1 heterocycles. The molecule has 88 valence electrons. The zero-order valence-corrected chi connectivity index (χ0v) is 10.0. The predicted molar refractivity (Wildman–Crippen MR) is 61.8 cm³/mol. The van der Waals surface area contributed by atoms with Gasteiger partial charge in [-0.1, -0.05) is 6.92 Å². The molecule has 2 unspecified atom stereocenters. The zero-order chi connectivity index (χ0) is 11.3. The van der Waals surface area contributed by atoms with Gasteiger partial charge < -0.3 is 15.5 Å². The number of amides is 1. The van der Waals surface area contributed by atoms with E-state index in [4.69, 9.17) is 0 Å². The lowest BCUT2D eigenvalue weighted by atomic mass is 10.1. The molecule has 1 amide bonds. The average molecular weight is 213 g/mol. The highest BCUT2D eigenvalue weighted by Crippen LogP contribution is 2.14. The molecule has 0 radical (unpaired) electrons. The number of hydrogen-bond donors (Lipinski definition) is 2. The van der Waals surface area contributed by atoms with E-state index in [1.807, 2.05) is 6.92 Å². The van der Waals surface area contributed by atoms with Crippen LogP contribution < -0.4 is 10.6 Å². The van der Waals surface area contributed by atoms with Crippen LogP contribution in [0.25, 0.3) is 0 Å². The fourth-order valence-corrected chi connectivity index (χ4v) is 1.90. The minimum absolute atomic E-state index is 0.0892. The molecule has 0 spiro atoms. The molecule has 0 aromatic rings. The first-order valence-electron chi connectivity index (χ1n) is 5.84. The normalized spacial score (nSPS) is 24.1. The number of carbonyl (C=O) groups is 1. The zero-order valence-electron chi connectivity index (χ0n) is 10.0. The van der Waals surface area contributed by atoms with Crippen molar-refractivity contribution in [1.29, 1.82) is 0 Å². The third-order valence-corrected chi connectivity index (χ3v) is 3.21. The summed E-state index contributed by atoms with van der Waals surface area (Å²) in [6.07, 6.45) is 1.21. The molecule has 4 nitrogen and oxygen atoms in total. The maximum absolute atomic E-state index is 11.5. The summed E-state index contributed by atoms with van der Waals surface area (Å²) in [5.74, 6) is 0.741. The first-order valence-corrected chi connectivity index (χ1v) is 5.84. The summed E-state index contributed by atoms with van der Waals surface area (Å²) in [4.78, 5) is 13.9. The summed E-state index contributed by atoms with van der Waals surface area (Å²) in [6.45, 7) is 8.31. The number of carbonyl (C=O) groups excluding carboxylic acids is 1. The van der Waals surface area contributed by atoms with Crippen molar-refractivity contribution in [2.45, 2.75) is 26.3 Å². The van der Waals surface area contributed by atoms with Crippen LogP contribution >= 0.6 is 0 Å². The van der Waals surface area contributed by atoms with Crippen molar-refractivity contribution in [3.63, 3.8) is 0 Å². The Balaban J connectivity index is 2.18. The van der Waals surface area contributed by atoms with E-state index in [2.05, 4.69) is 22.5 Å². The van der Waals surface area contributed by atoms with E-state index < -0.39 is 0 Å². The molecule has 0 aromatic heterocycles. The Labute approximate surface area is 92.4 Å². The van der Waals surface area contributed by atoms with Gasteiger partial charge in [-0.25, -0.2) is 0 Å². The van der Waals surface area contributed by atoms with Crippen molar-refractivity contribution in [1.82, 2.24) is 15.5 Å². The second-order valence-electron chi connectivity index (χ2n) is 4.30. The van der Waals surface area contributed by atoms with Crippen LogP contribution in [0.3, 0.4) is 0 Å². The van der Waals surface area contributed by atoms with E-state index in [1.54, 1.807) is 7.05 Å². The van der Waals surface area contributed by atoms with Gasteiger partial charge >= 0.3 is 0 Å². The molecule has 0 bridgehead atoms. The molecule has 1 aliphatic rings. The van der Waals surface area contributed by atoms with Crippen LogP contribution in [0.2, 0.25) is 0 Å². The molecule has 0 aromatic carbocycles. The Hall–Kier alpha value is -0.610. The van der Waals surface area contributed by atoms with Crippen LogP contribution in [0.4, 0.5) is 0 Å². The van der Waals surface area contributed by atoms with Crippen molar-refractivity contribution in [3.8, 4) is 0 Å². The number of hydrogen-bond acceptors (Lipinski definition) is 3. The number of nitrogens with one attached hydrogen (secondary N) is 2. The topological polar surface area (TPSA) is 44.4 Å². The van der Waals surface area contributed by atoms with Crippen molar-refractivity contribution in [2.24, 2.45) is 5.92 Å². The Morgan fingerprint density at radius 1 is 1.60 bits per heavy atom. The van der Waals surface area contributed by atoms with Gasteiger partial charge in [0.2, 0.25) is 5.91 Å². The van der Waals surface area contributed by atoms with Crippen molar-refractivity contribution in [3.05, 3.63) is 0 Å². The molecule has 2 N–H and O–H groups in total. The molecule has 0 aliphatic carbocycles. The second kappa shape index (κ2) is 6.08. The van der Waals surface area contributed by atoms with E-state index in [9.17, 15) is 4.79 Å². The largest absolute Gasteiger partial charge is 0.354 e. The lowest BCUT2D eigenvalue weighted by Crippen LogP contribution is -2.42. The lowest BCUT2D eigenvalue weighted by molar-refractivity contribution is -0.122. The van der Waals surface area contributed by atoms with Gasteiger partial charge in [0.25, 0.3) is 0 Å². The molecule has 15 heavy (non-hydrogen) atoms. The minimum Gasteiger partial charge on any atom is -0.354 e.